The van der Waals surface area contributed by atoms with Gasteiger partial charge in [-0.15, -0.1) is 0 Å². The van der Waals surface area contributed by atoms with Crippen molar-refractivity contribution >= 4 is 5.69 Å². The van der Waals surface area contributed by atoms with Crippen molar-refractivity contribution in [2.45, 2.75) is 13.0 Å². The number of anilines is 1. The van der Waals surface area contributed by atoms with Gasteiger partial charge in [-0.25, -0.2) is 0 Å². The molecule has 2 aromatic carbocycles. The van der Waals surface area contributed by atoms with Crippen molar-refractivity contribution in [1.82, 2.24) is 0 Å². The Kier molecular flexibility index (Phi) is 3.83. The molecule has 0 amide bonds. The first kappa shape index (κ1) is 12.0. The van der Waals surface area contributed by atoms with Crippen LogP contribution in [0.3, 0.4) is 0 Å². The summed E-state index contributed by atoms with van der Waals surface area (Å²) in [5.41, 5.74) is 3.14. The van der Waals surface area contributed by atoms with Crippen LogP contribution in [0.15, 0.2) is 48.5 Å². The molecule has 2 aromatic rings. The molecule has 0 bridgehead atoms. The lowest BCUT2D eigenvalue weighted by Gasteiger charge is -2.07. The van der Waals surface area contributed by atoms with E-state index in [1.165, 1.54) is 0 Å². The average Bonchev–Trinajstić information content (AvgIpc) is 2.40. The first-order valence-corrected chi connectivity index (χ1v) is 5.75. The molecule has 0 fully saturated rings. The lowest BCUT2D eigenvalue weighted by atomic mass is 10.1. The fraction of sp³-hybridized carbons (Fsp3) is 0.133. The second-order valence-corrected chi connectivity index (χ2v) is 4.05. The maximum Gasteiger partial charge on any atom is 0.115 e. The van der Waals surface area contributed by atoms with Crippen LogP contribution in [0.5, 0.6) is 5.75 Å². The summed E-state index contributed by atoms with van der Waals surface area (Å²) in [6.07, 6.45) is 0.443. The van der Waals surface area contributed by atoms with Gasteiger partial charge in [0, 0.05) is 12.2 Å². The lowest BCUT2D eigenvalue weighted by Crippen LogP contribution is -1.99. The number of phenols is 1. The summed E-state index contributed by atoms with van der Waals surface area (Å²) in [6, 6.07) is 17.1. The van der Waals surface area contributed by atoms with Crippen molar-refractivity contribution in [1.29, 1.82) is 5.26 Å². The molecule has 0 heterocycles. The van der Waals surface area contributed by atoms with Gasteiger partial charge in [-0.05, 0) is 35.4 Å². The predicted molar refractivity (Wildman–Crippen MR) is 71.2 cm³/mol. The highest BCUT2D eigenvalue weighted by atomic mass is 16.3. The van der Waals surface area contributed by atoms with Crippen LogP contribution in [0.4, 0.5) is 5.69 Å². The van der Waals surface area contributed by atoms with E-state index in [0.717, 1.165) is 16.8 Å². The fourth-order valence-electron chi connectivity index (χ4n) is 1.65. The molecule has 3 nitrogen and oxygen atoms in total. The van der Waals surface area contributed by atoms with Gasteiger partial charge in [-0.3, -0.25) is 0 Å². The Labute approximate surface area is 106 Å². The number of nitriles is 1. The summed E-state index contributed by atoms with van der Waals surface area (Å²) in [5.74, 6) is 0.277. The monoisotopic (exact) mass is 238 g/mol. The predicted octanol–water partition coefficient (Wildman–Crippen LogP) is 3.07. The topological polar surface area (TPSA) is 56.0 Å². The zero-order chi connectivity index (χ0) is 12.8. The number of rotatable bonds is 4. The Hall–Kier alpha value is -2.47. The number of phenolic OH excluding ortho intramolecular Hbond substituents is 1. The third-order valence-electron chi connectivity index (χ3n) is 2.67. The Morgan fingerprint density at radius 1 is 0.944 bits per heavy atom. The van der Waals surface area contributed by atoms with Crippen molar-refractivity contribution in [3.63, 3.8) is 0 Å². The molecule has 2 rings (SSSR count). The molecule has 0 unspecified atom stereocenters. The quantitative estimate of drug-likeness (QED) is 0.860. The molecule has 3 heteroatoms. The number of aromatic hydroxyl groups is 1. The highest BCUT2D eigenvalue weighted by molar-refractivity contribution is 5.45. The van der Waals surface area contributed by atoms with Gasteiger partial charge >= 0.3 is 0 Å². The van der Waals surface area contributed by atoms with Crippen molar-refractivity contribution < 1.29 is 5.11 Å². The van der Waals surface area contributed by atoms with E-state index in [1.54, 1.807) is 12.1 Å². The first-order valence-electron chi connectivity index (χ1n) is 5.75. The number of nitrogens with zero attached hydrogens (tertiary/aromatic N) is 1. The zero-order valence-electron chi connectivity index (χ0n) is 9.93. The Balaban J connectivity index is 1.94. The summed E-state index contributed by atoms with van der Waals surface area (Å²) in [7, 11) is 0. The minimum absolute atomic E-state index is 0.277. The third-order valence-corrected chi connectivity index (χ3v) is 2.67. The maximum atomic E-state index is 9.18. The number of hydrogen-bond donors (Lipinski definition) is 2. The number of benzene rings is 2. The molecule has 0 atom stereocenters. The van der Waals surface area contributed by atoms with E-state index in [9.17, 15) is 5.11 Å². The molecule has 0 aliphatic carbocycles. The molecule has 0 aliphatic heterocycles. The van der Waals surface area contributed by atoms with Crippen LogP contribution < -0.4 is 5.32 Å². The minimum atomic E-state index is 0.277. The second kappa shape index (κ2) is 5.74. The van der Waals surface area contributed by atoms with E-state index in [-0.39, 0.29) is 5.75 Å². The Morgan fingerprint density at radius 2 is 1.56 bits per heavy atom. The van der Waals surface area contributed by atoms with Gasteiger partial charge in [-0.1, -0.05) is 24.3 Å². The maximum absolute atomic E-state index is 9.18. The average molecular weight is 238 g/mol. The SMILES string of the molecule is N#CCc1ccc(NCc2ccc(O)cc2)cc1. The number of nitrogens with one attached hydrogen (secondary N) is 1. The molecule has 0 spiro atoms. The summed E-state index contributed by atoms with van der Waals surface area (Å²) < 4.78 is 0. The molecule has 90 valence electrons. The van der Waals surface area contributed by atoms with Gasteiger partial charge in [0.05, 0.1) is 12.5 Å². The van der Waals surface area contributed by atoms with Crippen LogP contribution >= 0.6 is 0 Å². The molecule has 0 aliphatic rings. The molecular formula is C15H14N2O. The highest BCUT2D eigenvalue weighted by Gasteiger charge is 1.96. The molecule has 0 saturated heterocycles. The highest BCUT2D eigenvalue weighted by Crippen LogP contribution is 2.13. The summed E-state index contributed by atoms with van der Waals surface area (Å²) in [5, 5.41) is 21.0. The van der Waals surface area contributed by atoms with Crippen LogP contribution in [0.1, 0.15) is 11.1 Å². The van der Waals surface area contributed by atoms with Crippen molar-refractivity contribution in [3.05, 3.63) is 59.7 Å². The van der Waals surface area contributed by atoms with Crippen LogP contribution in [0, 0.1) is 11.3 Å². The van der Waals surface area contributed by atoms with E-state index in [1.807, 2.05) is 36.4 Å². The van der Waals surface area contributed by atoms with E-state index in [2.05, 4.69) is 11.4 Å². The van der Waals surface area contributed by atoms with Gasteiger partial charge in [0.15, 0.2) is 0 Å². The van der Waals surface area contributed by atoms with Gasteiger partial charge in [0.25, 0.3) is 0 Å². The van der Waals surface area contributed by atoms with Crippen LogP contribution in [0.2, 0.25) is 0 Å². The van der Waals surface area contributed by atoms with Gasteiger partial charge < -0.3 is 10.4 Å². The number of hydrogen-bond acceptors (Lipinski definition) is 3. The lowest BCUT2D eigenvalue weighted by molar-refractivity contribution is 0.475. The molecule has 0 saturated carbocycles. The molecule has 0 aromatic heterocycles. The second-order valence-electron chi connectivity index (χ2n) is 4.05. The van der Waals surface area contributed by atoms with Crippen molar-refractivity contribution in [3.8, 4) is 11.8 Å². The molecule has 2 N–H and O–H groups in total. The normalized spacial score (nSPS) is 9.72. The van der Waals surface area contributed by atoms with Gasteiger partial charge in [0.2, 0.25) is 0 Å². The molecule has 18 heavy (non-hydrogen) atoms. The minimum Gasteiger partial charge on any atom is -0.508 e. The Bertz CT molecular complexity index is 538. The van der Waals surface area contributed by atoms with Crippen LogP contribution in [-0.2, 0) is 13.0 Å². The largest absolute Gasteiger partial charge is 0.508 e. The van der Waals surface area contributed by atoms with E-state index in [0.29, 0.717) is 13.0 Å². The summed E-state index contributed by atoms with van der Waals surface area (Å²) in [6.45, 7) is 0.706. The van der Waals surface area contributed by atoms with E-state index < -0.39 is 0 Å². The smallest absolute Gasteiger partial charge is 0.115 e. The third kappa shape index (κ3) is 3.26. The zero-order valence-corrected chi connectivity index (χ0v) is 9.93. The summed E-state index contributed by atoms with van der Waals surface area (Å²) >= 11 is 0. The summed E-state index contributed by atoms with van der Waals surface area (Å²) in [4.78, 5) is 0. The first-order chi connectivity index (χ1) is 8.78. The van der Waals surface area contributed by atoms with Gasteiger partial charge in [0.1, 0.15) is 5.75 Å². The van der Waals surface area contributed by atoms with Crippen molar-refractivity contribution in [2.75, 3.05) is 5.32 Å². The molecular weight excluding hydrogens is 224 g/mol. The van der Waals surface area contributed by atoms with E-state index >= 15 is 0 Å². The molecule has 0 radical (unpaired) electrons. The van der Waals surface area contributed by atoms with Gasteiger partial charge in [-0.2, -0.15) is 5.26 Å². The fourth-order valence-corrected chi connectivity index (χ4v) is 1.65. The standard InChI is InChI=1S/C15H14N2O/c16-10-9-12-1-5-14(6-2-12)17-11-13-3-7-15(18)8-4-13/h1-8,17-18H,9,11H2. The Morgan fingerprint density at radius 3 is 2.17 bits per heavy atom. The van der Waals surface area contributed by atoms with E-state index in [4.69, 9.17) is 5.26 Å². The van der Waals surface area contributed by atoms with Crippen molar-refractivity contribution in [2.24, 2.45) is 0 Å². The van der Waals surface area contributed by atoms with Crippen LogP contribution in [-0.4, -0.2) is 5.11 Å². The van der Waals surface area contributed by atoms with Crippen LogP contribution in [0.25, 0.3) is 0 Å².